The number of rotatable bonds is 7. The Labute approximate surface area is 183 Å². The minimum Gasteiger partial charge on any atom is -0.497 e. The molecule has 0 spiro atoms. The van der Waals surface area contributed by atoms with Crippen LogP contribution in [0.1, 0.15) is 24.5 Å². The molecule has 1 aliphatic heterocycles. The molecule has 0 aliphatic carbocycles. The SMILES string of the molecule is COc1ccc(CCC2(C)NC(=O)N(CC(=O)Nc3ccc(C)cc3Br)C2=O)cc1. The van der Waals surface area contributed by atoms with Crippen molar-refractivity contribution in [3.05, 3.63) is 58.1 Å². The van der Waals surface area contributed by atoms with Crippen molar-refractivity contribution >= 4 is 39.5 Å². The summed E-state index contributed by atoms with van der Waals surface area (Å²) in [5.41, 5.74) is 1.60. The summed E-state index contributed by atoms with van der Waals surface area (Å²) in [5.74, 6) is -0.0887. The monoisotopic (exact) mass is 473 g/mol. The Morgan fingerprint density at radius 1 is 1.20 bits per heavy atom. The first kappa shape index (κ1) is 21.8. The molecule has 2 aromatic carbocycles. The Balaban J connectivity index is 1.62. The molecule has 0 aromatic heterocycles. The van der Waals surface area contributed by atoms with Gasteiger partial charge in [0.15, 0.2) is 0 Å². The third-order valence-electron chi connectivity index (χ3n) is 5.12. The van der Waals surface area contributed by atoms with Crippen LogP contribution >= 0.6 is 15.9 Å². The molecule has 1 fully saturated rings. The smallest absolute Gasteiger partial charge is 0.325 e. The highest BCUT2D eigenvalue weighted by Crippen LogP contribution is 2.25. The highest BCUT2D eigenvalue weighted by molar-refractivity contribution is 9.10. The lowest BCUT2D eigenvalue weighted by Crippen LogP contribution is -2.45. The van der Waals surface area contributed by atoms with Crippen LogP contribution in [0.2, 0.25) is 0 Å². The van der Waals surface area contributed by atoms with Crippen LogP contribution in [-0.2, 0) is 16.0 Å². The minimum atomic E-state index is -1.05. The van der Waals surface area contributed by atoms with Crippen LogP contribution in [0.25, 0.3) is 0 Å². The predicted molar refractivity (Wildman–Crippen MR) is 117 cm³/mol. The van der Waals surface area contributed by atoms with E-state index >= 15 is 0 Å². The van der Waals surface area contributed by atoms with Crippen LogP contribution in [0.4, 0.5) is 10.5 Å². The van der Waals surface area contributed by atoms with Crippen molar-refractivity contribution in [2.75, 3.05) is 19.0 Å². The van der Waals surface area contributed by atoms with E-state index in [1.165, 1.54) is 0 Å². The number of hydrogen-bond donors (Lipinski definition) is 2. The zero-order chi connectivity index (χ0) is 21.9. The summed E-state index contributed by atoms with van der Waals surface area (Å²) in [7, 11) is 1.60. The van der Waals surface area contributed by atoms with Crippen molar-refractivity contribution in [3.63, 3.8) is 0 Å². The summed E-state index contributed by atoms with van der Waals surface area (Å²) in [4.78, 5) is 38.7. The number of halogens is 1. The summed E-state index contributed by atoms with van der Waals surface area (Å²) in [5, 5.41) is 5.46. The second-order valence-corrected chi connectivity index (χ2v) is 8.39. The molecule has 7 nitrogen and oxygen atoms in total. The average Bonchev–Trinajstić information content (AvgIpc) is 2.92. The van der Waals surface area contributed by atoms with Gasteiger partial charge >= 0.3 is 6.03 Å². The number of nitrogens with zero attached hydrogens (tertiary/aromatic N) is 1. The molecule has 30 heavy (non-hydrogen) atoms. The van der Waals surface area contributed by atoms with Gasteiger partial charge in [-0.3, -0.25) is 14.5 Å². The van der Waals surface area contributed by atoms with Crippen molar-refractivity contribution in [2.45, 2.75) is 32.2 Å². The summed E-state index contributed by atoms with van der Waals surface area (Å²) < 4.78 is 5.88. The van der Waals surface area contributed by atoms with Gasteiger partial charge in [0.2, 0.25) is 5.91 Å². The number of methoxy groups -OCH3 is 1. The summed E-state index contributed by atoms with van der Waals surface area (Å²) in [6.45, 7) is 3.28. The maximum Gasteiger partial charge on any atom is 0.325 e. The molecule has 0 saturated carbocycles. The lowest BCUT2D eigenvalue weighted by Gasteiger charge is -2.21. The summed E-state index contributed by atoms with van der Waals surface area (Å²) >= 11 is 3.40. The molecule has 0 radical (unpaired) electrons. The zero-order valence-corrected chi connectivity index (χ0v) is 18.7. The molecule has 4 amide bonds. The van der Waals surface area contributed by atoms with E-state index in [4.69, 9.17) is 4.74 Å². The molecular formula is C22H24BrN3O4. The highest BCUT2D eigenvalue weighted by atomic mass is 79.9. The topological polar surface area (TPSA) is 87.7 Å². The first-order valence-corrected chi connectivity index (χ1v) is 10.3. The minimum absolute atomic E-state index is 0.344. The fourth-order valence-electron chi connectivity index (χ4n) is 3.30. The number of anilines is 1. The van der Waals surface area contributed by atoms with Crippen LogP contribution < -0.4 is 15.4 Å². The van der Waals surface area contributed by atoms with Gasteiger partial charge in [0.05, 0.1) is 12.8 Å². The molecule has 1 saturated heterocycles. The summed E-state index contributed by atoms with van der Waals surface area (Å²) in [6.07, 6.45) is 1.02. The second-order valence-electron chi connectivity index (χ2n) is 7.53. The number of hydrogen-bond acceptors (Lipinski definition) is 4. The van der Waals surface area contributed by atoms with E-state index < -0.39 is 23.4 Å². The molecule has 2 aromatic rings. The third-order valence-corrected chi connectivity index (χ3v) is 5.77. The van der Waals surface area contributed by atoms with Crippen molar-refractivity contribution in [1.82, 2.24) is 10.2 Å². The Morgan fingerprint density at radius 3 is 2.53 bits per heavy atom. The number of benzene rings is 2. The maximum atomic E-state index is 12.9. The second kappa shape index (κ2) is 8.87. The van der Waals surface area contributed by atoms with Gasteiger partial charge < -0.3 is 15.4 Å². The molecule has 8 heteroatoms. The van der Waals surface area contributed by atoms with E-state index in [0.717, 1.165) is 26.2 Å². The van der Waals surface area contributed by atoms with Gasteiger partial charge in [-0.05, 0) is 78.0 Å². The quantitative estimate of drug-likeness (QED) is 0.600. The van der Waals surface area contributed by atoms with Gasteiger partial charge in [-0.25, -0.2) is 4.79 Å². The Bertz CT molecular complexity index is 977. The lowest BCUT2D eigenvalue weighted by atomic mass is 9.93. The van der Waals surface area contributed by atoms with Crippen molar-refractivity contribution in [1.29, 1.82) is 0 Å². The van der Waals surface area contributed by atoms with Gasteiger partial charge in [0.1, 0.15) is 17.8 Å². The number of ether oxygens (including phenoxy) is 1. The van der Waals surface area contributed by atoms with Crippen LogP contribution in [0.3, 0.4) is 0 Å². The largest absolute Gasteiger partial charge is 0.497 e. The van der Waals surface area contributed by atoms with E-state index in [9.17, 15) is 14.4 Å². The number of urea groups is 1. The predicted octanol–water partition coefficient (Wildman–Crippen LogP) is 3.65. The summed E-state index contributed by atoms with van der Waals surface area (Å²) in [6, 6.07) is 12.5. The molecule has 1 unspecified atom stereocenters. The maximum absolute atomic E-state index is 12.9. The Hall–Kier alpha value is -2.87. The molecule has 1 aliphatic rings. The molecule has 1 heterocycles. The number of amides is 4. The number of carbonyl (C=O) groups is 3. The zero-order valence-electron chi connectivity index (χ0n) is 17.1. The van der Waals surface area contributed by atoms with Crippen molar-refractivity contribution < 1.29 is 19.1 Å². The van der Waals surface area contributed by atoms with E-state index in [-0.39, 0.29) is 6.54 Å². The number of imide groups is 1. The van der Waals surface area contributed by atoms with E-state index in [2.05, 4.69) is 26.6 Å². The lowest BCUT2D eigenvalue weighted by molar-refractivity contribution is -0.133. The van der Waals surface area contributed by atoms with Gasteiger partial charge in [-0.1, -0.05) is 18.2 Å². The Morgan fingerprint density at radius 2 is 1.90 bits per heavy atom. The normalized spacial score (nSPS) is 18.3. The molecule has 0 bridgehead atoms. The van der Waals surface area contributed by atoms with Crippen molar-refractivity contribution in [2.24, 2.45) is 0 Å². The van der Waals surface area contributed by atoms with Crippen LogP contribution in [0.5, 0.6) is 5.75 Å². The van der Waals surface area contributed by atoms with Crippen molar-refractivity contribution in [3.8, 4) is 5.75 Å². The third kappa shape index (κ3) is 4.81. The fourth-order valence-corrected chi connectivity index (χ4v) is 3.89. The molecular weight excluding hydrogens is 450 g/mol. The number of aryl methyl sites for hydroxylation is 2. The van der Waals surface area contributed by atoms with Gasteiger partial charge in [-0.15, -0.1) is 0 Å². The van der Waals surface area contributed by atoms with E-state index in [0.29, 0.717) is 18.5 Å². The van der Waals surface area contributed by atoms with Gasteiger partial charge in [-0.2, -0.15) is 0 Å². The van der Waals surface area contributed by atoms with E-state index in [1.807, 2.05) is 43.3 Å². The molecule has 158 valence electrons. The van der Waals surface area contributed by atoms with Gasteiger partial charge in [0, 0.05) is 4.47 Å². The Kier molecular flexibility index (Phi) is 6.45. The molecule has 3 rings (SSSR count). The number of carbonyl (C=O) groups excluding carboxylic acids is 3. The van der Waals surface area contributed by atoms with E-state index in [1.54, 1.807) is 20.1 Å². The fraction of sp³-hybridized carbons (Fsp3) is 0.318. The molecule has 2 N–H and O–H groups in total. The molecule has 1 atom stereocenters. The highest BCUT2D eigenvalue weighted by Gasteiger charge is 2.47. The average molecular weight is 474 g/mol. The first-order chi connectivity index (χ1) is 14.2. The first-order valence-electron chi connectivity index (χ1n) is 9.55. The van der Waals surface area contributed by atoms with Gasteiger partial charge in [0.25, 0.3) is 5.91 Å². The number of nitrogens with one attached hydrogen (secondary N) is 2. The van der Waals surface area contributed by atoms with Crippen LogP contribution in [0.15, 0.2) is 46.9 Å². The van der Waals surface area contributed by atoms with Crippen LogP contribution in [0, 0.1) is 6.92 Å². The standard InChI is InChI=1S/C22H24BrN3O4/c1-14-4-9-18(17(23)12-14)24-19(27)13-26-20(28)22(2,25-21(26)29)11-10-15-5-7-16(30-3)8-6-15/h4-9,12H,10-11,13H2,1-3H3,(H,24,27)(H,25,29). The van der Waals surface area contributed by atoms with Crippen LogP contribution in [-0.4, -0.2) is 41.9 Å².